The molecule has 5 atom stereocenters. The highest BCUT2D eigenvalue weighted by atomic mass is 17.0. The summed E-state index contributed by atoms with van der Waals surface area (Å²) in [5.74, 6) is 3.56. The van der Waals surface area contributed by atoms with Gasteiger partial charge in [0.15, 0.2) is 11.4 Å². The van der Waals surface area contributed by atoms with Crippen molar-refractivity contribution in [2.24, 2.45) is 22.7 Å². The number of nitrogens with zero attached hydrogens (tertiary/aromatic N) is 1. The molecule has 0 aromatic rings. The highest BCUT2D eigenvalue weighted by molar-refractivity contribution is 5.92. The number of hydrogen-bond donors (Lipinski definition) is 0. The zero-order valence-corrected chi connectivity index (χ0v) is 15.4. The van der Waals surface area contributed by atoms with E-state index in [1.807, 2.05) is 6.08 Å². The first-order valence-electron chi connectivity index (χ1n) is 9.51. The van der Waals surface area contributed by atoms with Gasteiger partial charge in [-0.2, -0.15) is 0 Å². The van der Waals surface area contributed by atoms with Crippen LogP contribution in [0.25, 0.3) is 0 Å². The van der Waals surface area contributed by atoms with Crippen molar-refractivity contribution < 1.29 is 14.7 Å². The standard InChI is InChI=1S/C21H25NO4/c1-4-21(26-22(24)25)12-9-18-16-6-5-14-13-15(23)7-10-19(14,2)17(16)8-11-20(18,21)3/h1,8,13,16,18H,5-7,9-12H2,2-3H3/t16-,18+,19+,20+,21+/m1/s1. The first-order valence-corrected chi connectivity index (χ1v) is 9.51. The molecule has 4 aliphatic rings. The van der Waals surface area contributed by atoms with Gasteiger partial charge in [0.1, 0.15) is 0 Å². The van der Waals surface area contributed by atoms with Crippen LogP contribution >= 0.6 is 0 Å². The zero-order chi connectivity index (χ0) is 18.7. The quantitative estimate of drug-likeness (QED) is 0.325. The summed E-state index contributed by atoms with van der Waals surface area (Å²) in [5, 5.41) is 10.4. The summed E-state index contributed by atoms with van der Waals surface area (Å²) < 4.78 is 0. The Morgan fingerprint density at radius 2 is 2.08 bits per heavy atom. The van der Waals surface area contributed by atoms with Gasteiger partial charge < -0.3 is 0 Å². The highest BCUT2D eigenvalue weighted by Crippen LogP contribution is 2.66. The minimum atomic E-state index is -1.14. The van der Waals surface area contributed by atoms with E-state index >= 15 is 0 Å². The molecular weight excluding hydrogens is 330 g/mol. The molecular formula is C21H25NO4. The van der Waals surface area contributed by atoms with Gasteiger partial charge in [-0.15, -0.1) is 16.5 Å². The summed E-state index contributed by atoms with van der Waals surface area (Å²) in [5.41, 5.74) is 1.10. The van der Waals surface area contributed by atoms with Crippen LogP contribution in [-0.2, 0) is 9.63 Å². The summed E-state index contributed by atoms with van der Waals surface area (Å²) in [4.78, 5) is 28.2. The Morgan fingerprint density at radius 1 is 1.31 bits per heavy atom. The van der Waals surface area contributed by atoms with Crippen LogP contribution in [0, 0.1) is 45.1 Å². The second kappa shape index (κ2) is 5.45. The number of ketones is 1. The molecule has 0 heterocycles. The maximum atomic E-state index is 11.9. The third-order valence-corrected chi connectivity index (χ3v) is 7.92. The van der Waals surface area contributed by atoms with Crippen molar-refractivity contribution in [1.29, 1.82) is 0 Å². The fourth-order valence-corrected chi connectivity index (χ4v) is 6.39. The number of rotatable bonds is 2. The Labute approximate surface area is 154 Å². The molecule has 4 rings (SSSR count). The van der Waals surface area contributed by atoms with Crippen LogP contribution in [0.4, 0.5) is 0 Å². The first-order chi connectivity index (χ1) is 12.3. The SMILES string of the molecule is C#C[C@]1(O[N+](=O)[O-])CC[C@H]2[C@@H]3CCC4=CC(=O)CC[C@]4(C)C3=CC[C@@]21C. The molecule has 138 valence electrons. The molecule has 5 nitrogen and oxygen atoms in total. The molecule has 0 bridgehead atoms. The van der Waals surface area contributed by atoms with E-state index in [4.69, 9.17) is 11.3 Å². The number of allylic oxidation sites excluding steroid dienone is 4. The van der Waals surface area contributed by atoms with E-state index in [2.05, 4.69) is 25.8 Å². The summed E-state index contributed by atoms with van der Waals surface area (Å²) in [6.45, 7) is 4.34. The second-order valence-corrected chi connectivity index (χ2v) is 8.83. The molecule has 0 unspecified atom stereocenters. The van der Waals surface area contributed by atoms with Crippen molar-refractivity contribution in [3.8, 4) is 12.3 Å². The second-order valence-electron chi connectivity index (χ2n) is 8.83. The molecule has 2 saturated carbocycles. The molecule has 5 heteroatoms. The smallest absolute Gasteiger partial charge is 0.295 e. The Kier molecular flexibility index (Phi) is 3.63. The van der Waals surface area contributed by atoms with E-state index in [-0.39, 0.29) is 17.1 Å². The maximum absolute atomic E-state index is 11.9. The van der Waals surface area contributed by atoms with E-state index in [0.29, 0.717) is 25.2 Å². The van der Waals surface area contributed by atoms with Crippen LogP contribution in [0.1, 0.15) is 58.8 Å². The minimum Gasteiger partial charge on any atom is -0.295 e. The number of fused-ring (bicyclic) bond motifs is 5. The lowest BCUT2D eigenvalue weighted by molar-refractivity contribution is -0.780. The van der Waals surface area contributed by atoms with Gasteiger partial charge >= 0.3 is 0 Å². The van der Waals surface area contributed by atoms with Crippen LogP contribution < -0.4 is 0 Å². The van der Waals surface area contributed by atoms with Crippen molar-refractivity contribution in [1.82, 2.24) is 0 Å². The molecule has 0 spiro atoms. The lowest BCUT2D eigenvalue weighted by atomic mass is 9.51. The monoisotopic (exact) mass is 355 g/mol. The Morgan fingerprint density at radius 3 is 2.77 bits per heavy atom. The normalized spacial score (nSPS) is 44.0. The molecule has 0 aromatic carbocycles. The number of terminal acetylenes is 1. The summed E-state index contributed by atoms with van der Waals surface area (Å²) >= 11 is 0. The maximum Gasteiger partial charge on any atom is 0.296 e. The van der Waals surface area contributed by atoms with E-state index in [1.54, 1.807) is 0 Å². The predicted octanol–water partition coefficient (Wildman–Crippen LogP) is 4.02. The Balaban J connectivity index is 1.76. The van der Waals surface area contributed by atoms with E-state index in [0.717, 1.165) is 25.7 Å². The average Bonchev–Trinajstić information content (AvgIpc) is 2.88. The van der Waals surface area contributed by atoms with Crippen molar-refractivity contribution in [3.63, 3.8) is 0 Å². The molecule has 2 fully saturated rings. The van der Waals surface area contributed by atoms with Crippen molar-refractivity contribution >= 4 is 5.78 Å². The van der Waals surface area contributed by atoms with Crippen LogP contribution in [-0.4, -0.2) is 16.5 Å². The van der Waals surface area contributed by atoms with E-state index in [9.17, 15) is 14.9 Å². The Bertz CT molecular complexity index is 790. The molecule has 4 aliphatic carbocycles. The molecule has 0 N–H and O–H groups in total. The average molecular weight is 355 g/mol. The number of carbonyl (C=O) groups is 1. The third-order valence-electron chi connectivity index (χ3n) is 7.92. The van der Waals surface area contributed by atoms with Crippen molar-refractivity contribution in [3.05, 3.63) is 33.4 Å². The first kappa shape index (κ1) is 17.3. The summed E-state index contributed by atoms with van der Waals surface area (Å²) in [7, 11) is 0. The lowest BCUT2D eigenvalue weighted by Crippen LogP contribution is -2.52. The molecule has 0 saturated heterocycles. The van der Waals surface area contributed by atoms with Gasteiger partial charge in [0.2, 0.25) is 0 Å². The molecule has 0 amide bonds. The van der Waals surface area contributed by atoms with Crippen molar-refractivity contribution in [2.75, 3.05) is 0 Å². The number of carbonyl (C=O) groups excluding carboxylic acids is 1. The molecule has 0 aliphatic heterocycles. The van der Waals surface area contributed by atoms with Gasteiger partial charge in [0, 0.05) is 17.3 Å². The van der Waals surface area contributed by atoms with Crippen molar-refractivity contribution in [2.45, 2.75) is 64.4 Å². The Hall–Kier alpha value is -2.09. The fraction of sp³-hybridized carbons (Fsp3) is 0.667. The van der Waals surface area contributed by atoms with Gasteiger partial charge in [0.05, 0.1) is 0 Å². The summed E-state index contributed by atoms with van der Waals surface area (Å²) in [6.07, 6.45) is 15.4. The topological polar surface area (TPSA) is 69.4 Å². The van der Waals surface area contributed by atoms with Crippen LogP contribution in [0.15, 0.2) is 23.3 Å². The lowest BCUT2D eigenvalue weighted by Gasteiger charge is -2.54. The van der Waals surface area contributed by atoms with E-state index in [1.165, 1.54) is 11.1 Å². The van der Waals surface area contributed by atoms with Crippen LogP contribution in [0.2, 0.25) is 0 Å². The van der Waals surface area contributed by atoms with E-state index < -0.39 is 16.1 Å². The van der Waals surface area contributed by atoms with Gasteiger partial charge in [-0.3, -0.25) is 9.63 Å². The third kappa shape index (κ3) is 2.08. The zero-order valence-electron chi connectivity index (χ0n) is 15.4. The van der Waals surface area contributed by atoms with Gasteiger partial charge in [-0.1, -0.05) is 37.0 Å². The summed E-state index contributed by atoms with van der Waals surface area (Å²) in [6, 6.07) is 0. The van der Waals surface area contributed by atoms with Crippen LogP contribution in [0.5, 0.6) is 0 Å². The highest BCUT2D eigenvalue weighted by Gasteiger charge is 2.63. The van der Waals surface area contributed by atoms with Gasteiger partial charge in [0.25, 0.3) is 5.09 Å². The molecule has 0 aromatic heterocycles. The van der Waals surface area contributed by atoms with Gasteiger partial charge in [-0.25, -0.2) is 0 Å². The fourth-order valence-electron chi connectivity index (χ4n) is 6.39. The largest absolute Gasteiger partial charge is 0.296 e. The minimum absolute atomic E-state index is 0.0382. The molecule has 0 radical (unpaired) electrons. The van der Waals surface area contributed by atoms with Gasteiger partial charge in [-0.05, 0) is 56.4 Å². The molecule has 26 heavy (non-hydrogen) atoms. The van der Waals surface area contributed by atoms with Crippen LogP contribution in [0.3, 0.4) is 0 Å². The number of hydrogen-bond acceptors (Lipinski definition) is 4. The predicted molar refractivity (Wildman–Crippen MR) is 96.3 cm³/mol.